The van der Waals surface area contributed by atoms with E-state index in [9.17, 15) is 5.11 Å². The number of aliphatic hydroxyl groups is 1. The minimum absolute atomic E-state index is 0.0874. The molecule has 4 heteroatoms. The van der Waals surface area contributed by atoms with Gasteiger partial charge in [-0.1, -0.05) is 0 Å². The predicted octanol–water partition coefficient (Wildman–Crippen LogP) is 1.72. The average molecular weight is 225 g/mol. The van der Waals surface area contributed by atoms with Crippen LogP contribution in [0.1, 0.15) is 26.3 Å². The van der Waals surface area contributed by atoms with E-state index in [0.717, 1.165) is 0 Å². The highest BCUT2D eigenvalue weighted by Crippen LogP contribution is 2.23. The summed E-state index contributed by atoms with van der Waals surface area (Å²) in [4.78, 5) is 4.05. The molecular formula is C12H19NO3. The first-order valence-corrected chi connectivity index (χ1v) is 5.29. The van der Waals surface area contributed by atoms with E-state index < -0.39 is 5.60 Å². The second kappa shape index (κ2) is 5.27. The smallest absolute Gasteiger partial charge is 0.138 e. The predicted molar refractivity (Wildman–Crippen MR) is 61.4 cm³/mol. The van der Waals surface area contributed by atoms with Crippen LogP contribution in [0.2, 0.25) is 0 Å². The number of hydrogen-bond acceptors (Lipinski definition) is 4. The third kappa shape index (κ3) is 3.47. The van der Waals surface area contributed by atoms with Crippen LogP contribution in [-0.2, 0) is 10.3 Å². The number of rotatable bonds is 5. The molecule has 0 aromatic carbocycles. The maximum absolute atomic E-state index is 10.1. The summed E-state index contributed by atoms with van der Waals surface area (Å²) in [5.41, 5.74) is -0.356. The molecule has 16 heavy (non-hydrogen) atoms. The molecule has 0 aliphatic carbocycles. The second-order valence-electron chi connectivity index (χ2n) is 4.28. The van der Waals surface area contributed by atoms with Gasteiger partial charge in [0.05, 0.1) is 18.9 Å². The molecule has 0 aliphatic rings. The largest absolute Gasteiger partial charge is 0.489 e. The van der Waals surface area contributed by atoms with Crippen molar-refractivity contribution in [1.29, 1.82) is 0 Å². The summed E-state index contributed by atoms with van der Waals surface area (Å²) in [6.45, 7) is 5.80. The molecule has 1 N–H and O–H groups in total. The fourth-order valence-corrected chi connectivity index (χ4v) is 1.41. The first-order valence-electron chi connectivity index (χ1n) is 5.29. The lowest BCUT2D eigenvalue weighted by Gasteiger charge is -2.23. The number of ether oxygens (including phenoxy) is 2. The Bertz CT molecular complexity index is 337. The normalized spacial score (nSPS) is 14.9. The third-order valence-corrected chi connectivity index (χ3v) is 2.13. The Morgan fingerprint density at radius 1 is 1.44 bits per heavy atom. The fourth-order valence-electron chi connectivity index (χ4n) is 1.41. The van der Waals surface area contributed by atoms with Gasteiger partial charge in [-0.05, 0) is 26.8 Å². The van der Waals surface area contributed by atoms with E-state index in [2.05, 4.69) is 4.98 Å². The quantitative estimate of drug-likeness (QED) is 0.829. The number of hydrogen-bond donors (Lipinski definition) is 1. The van der Waals surface area contributed by atoms with Gasteiger partial charge in [0.1, 0.15) is 11.4 Å². The molecule has 1 heterocycles. The molecule has 0 saturated carbocycles. The number of methoxy groups -OCH3 is 1. The molecule has 0 radical (unpaired) electrons. The molecule has 1 aromatic rings. The first kappa shape index (κ1) is 12.9. The van der Waals surface area contributed by atoms with Crippen LogP contribution in [0, 0.1) is 0 Å². The van der Waals surface area contributed by atoms with Crippen LogP contribution in [0.25, 0.3) is 0 Å². The molecule has 0 fully saturated rings. The van der Waals surface area contributed by atoms with Crippen LogP contribution in [0.4, 0.5) is 0 Å². The summed E-state index contributed by atoms with van der Waals surface area (Å²) < 4.78 is 10.5. The van der Waals surface area contributed by atoms with Crippen LogP contribution in [-0.4, -0.2) is 29.9 Å². The van der Waals surface area contributed by atoms with Gasteiger partial charge in [0.2, 0.25) is 0 Å². The lowest BCUT2D eigenvalue weighted by Crippen LogP contribution is -2.27. The standard InChI is InChI=1S/C12H19NO3/c1-9(2)16-11-5-10(6-13-7-11)12(3,14)8-15-4/h5-7,9,14H,8H2,1-4H3. The first-order chi connectivity index (χ1) is 7.45. The SMILES string of the molecule is COCC(C)(O)c1cncc(OC(C)C)c1. The molecule has 0 spiro atoms. The van der Waals surface area contributed by atoms with Gasteiger partial charge >= 0.3 is 0 Å². The van der Waals surface area contributed by atoms with Gasteiger partial charge in [0, 0.05) is 18.9 Å². The number of aromatic nitrogens is 1. The van der Waals surface area contributed by atoms with Crippen LogP contribution in [0.5, 0.6) is 5.75 Å². The monoisotopic (exact) mass is 225 g/mol. The van der Waals surface area contributed by atoms with E-state index in [-0.39, 0.29) is 12.7 Å². The Labute approximate surface area is 96.2 Å². The highest BCUT2D eigenvalue weighted by atomic mass is 16.5. The lowest BCUT2D eigenvalue weighted by atomic mass is 9.99. The van der Waals surface area contributed by atoms with Gasteiger partial charge in [0.25, 0.3) is 0 Å². The Balaban J connectivity index is 2.89. The van der Waals surface area contributed by atoms with Crippen molar-refractivity contribution >= 4 is 0 Å². The highest BCUT2D eigenvalue weighted by Gasteiger charge is 2.23. The summed E-state index contributed by atoms with van der Waals surface area (Å²) in [5, 5.41) is 10.1. The van der Waals surface area contributed by atoms with Crippen molar-refractivity contribution in [3.63, 3.8) is 0 Å². The zero-order chi connectivity index (χ0) is 12.2. The number of nitrogens with zero attached hydrogens (tertiary/aromatic N) is 1. The Hall–Kier alpha value is -1.13. The molecular weight excluding hydrogens is 206 g/mol. The minimum Gasteiger partial charge on any atom is -0.489 e. The van der Waals surface area contributed by atoms with E-state index >= 15 is 0 Å². The molecule has 4 nitrogen and oxygen atoms in total. The van der Waals surface area contributed by atoms with E-state index in [1.165, 1.54) is 0 Å². The lowest BCUT2D eigenvalue weighted by molar-refractivity contribution is -0.0212. The van der Waals surface area contributed by atoms with Crippen LogP contribution < -0.4 is 4.74 Å². The van der Waals surface area contributed by atoms with Gasteiger partial charge in [-0.25, -0.2) is 0 Å². The molecule has 90 valence electrons. The van der Waals surface area contributed by atoms with Crippen LogP contribution >= 0.6 is 0 Å². The van der Waals surface area contributed by atoms with Gasteiger partial charge in [-0.15, -0.1) is 0 Å². The summed E-state index contributed by atoms with van der Waals surface area (Å²) >= 11 is 0. The maximum atomic E-state index is 10.1. The Kier molecular flexibility index (Phi) is 4.26. The minimum atomic E-state index is -1.04. The molecule has 1 aromatic heterocycles. The average Bonchev–Trinajstić information content (AvgIpc) is 2.17. The Morgan fingerprint density at radius 2 is 2.12 bits per heavy atom. The molecule has 1 rings (SSSR count). The van der Waals surface area contributed by atoms with Gasteiger partial charge in [-0.2, -0.15) is 0 Å². The summed E-state index contributed by atoms with van der Waals surface area (Å²) in [5.74, 6) is 0.656. The zero-order valence-corrected chi connectivity index (χ0v) is 10.2. The topological polar surface area (TPSA) is 51.6 Å². The zero-order valence-electron chi connectivity index (χ0n) is 10.2. The van der Waals surface area contributed by atoms with Crippen LogP contribution in [0.15, 0.2) is 18.5 Å². The molecule has 0 bridgehead atoms. The van der Waals surface area contributed by atoms with E-state index in [0.29, 0.717) is 11.3 Å². The third-order valence-electron chi connectivity index (χ3n) is 2.13. The molecule has 1 unspecified atom stereocenters. The van der Waals surface area contributed by atoms with Gasteiger partial charge in [-0.3, -0.25) is 4.98 Å². The van der Waals surface area contributed by atoms with Crippen LogP contribution in [0.3, 0.4) is 0 Å². The second-order valence-corrected chi connectivity index (χ2v) is 4.28. The summed E-state index contributed by atoms with van der Waals surface area (Å²) in [7, 11) is 1.55. The van der Waals surface area contributed by atoms with Crippen molar-refractivity contribution < 1.29 is 14.6 Å². The summed E-state index contributed by atoms with van der Waals surface area (Å²) in [6, 6.07) is 1.78. The van der Waals surface area contributed by atoms with Gasteiger partial charge in [0.15, 0.2) is 0 Å². The van der Waals surface area contributed by atoms with E-state index in [4.69, 9.17) is 9.47 Å². The van der Waals surface area contributed by atoms with Crippen molar-refractivity contribution in [1.82, 2.24) is 4.98 Å². The summed E-state index contributed by atoms with van der Waals surface area (Å²) in [6.07, 6.45) is 3.34. The molecule has 1 atom stereocenters. The highest BCUT2D eigenvalue weighted by molar-refractivity contribution is 5.27. The Morgan fingerprint density at radius 3 is 2.69 bits per heavy atom. The van der Waals surface area contributed by atoms with Crippen molar-refractivity contribution in [2.75, 3.05) is 13.7 Å². The van der Waals surface area contributed by atoms with Gasteiger partial charge < -0.3 is 14.6 Å². The van der Waals surface area contributed by atoms with E-state index in [1.807, 2.05) is 13.8 Å². The van der Waals surface area contributed by atoms with Crippen molar-refractivity contribution in [3.8, 4) is 5.75 Å². The van der Waals surface area contributed by atoms with Crippen molar-refractivity contribution in [2.45, 2.75) is 32.5 Å². The van der Waals surface area contributed by atoms with E-state index in [1.54, 1.807) is 32.5 Å². The molecule has 0 aliphatic heterocycles. The molecule has 0 saturated heterocycles. The fraction of sp³-hybridized carbons (Fsp3) is 0.583. The maximum Gasteiger partial charge on any atom is 0.138 e. The van der Waals surface area contributed by atoms with Crippen molar-refractivity contribution in [3.05, 3.63) is 24.0 Å². The molecule has 0 amide bonds. The van der Waals surface area contributed by atoms with Crippen molar-refractivity contribution in [2.24, 2.45) is 0 Å². The number of pyridine rings is 1.